The maximum Gasteiger partial charge on any atom is 0.309 e. The summed E-state index contributed by atoms with van der Waals surface area (Å²) >= 11 is 0. The van der Waals surface area contributed by atoms with Crippen LogP contribution in [0.15, 0.2) is 36.5 Å². The van der Waals surface area contributed by atoms with E-state index in [2.05, 4.69) is 12.7 Å². The molecule has 5 heteroatoms. The van der Waals surface area contributed by atoms with Crippen molar-refractivity contribution in [3.63, 3.8) is 0 Å². The number of aliphatic hydroxyl groups is 1. The Hall–Kier alpha value is -1.72. The molecule has 1 N–H and O–H groups in total. The summed E-state index contributed by atoms with van der Waals surface area (Å²) in [4.78, 5) is 26.0. The molecule has 0 spiro atoms. The second-order valence-electron chi connectivity index (χ2n) is 9.31. The fourth-order valence-electron chi connectivity index (χ4n) is 3.94. The van der Waals surface area contributed by atoms with Crippen LogP contribution in [0.2, 0.25) is 0 Å². The summed E-state index contributed by atoms with van der Waals surface area (Å²) in [6, 6.07) is 0. The highest BCUT2D eigenvalue weighted by molar-refractivity contribution is 5.88. The summed E-state index contributed by atoms with van der Waals surface area (Å²) in [6.07, 6.45) is 9.25. The van der Waals surface area contributed by atoms with Crippen molar-refractivity contribution in [2.45, 2.75) is 98.9 Å². The number of hydrogen-bond acceptors (Lipinski definition) is 5. The van der Waals surface area contributed by atoms with E-state index in [1.54, 1.807) is 26.8 Å². The molecule has 0 aliphatic heterocycles. The maximum atomic E-state index is 13.3. The van der Waals surface area contributed by atoms with E-state index in [-0.39, 0.29) is 24.2 Å². The number of carbonyl (C=O) groups excluding carboxylic acids is 2. The van der Waals surface area contributed by atoms with Gasteiger partial charge in [0.1, 0.15) is 11.9 Å². The van der Waals surface area contributed by atoms with Gasteiger partial charge in [0.25, 0.3) is 0 Å². The van der Waals surface area contributed by atoms with Gasteiger partial charge in [0, 0.05) is 19.4 Å². The molecular formula is C27H46O5. The van der Waals surface area contributed by atoms with E-state index >= 15 is 0 Å². The predicted octanol–water partition coefficient (Wildman–Crippen LogP) is 5.82. The Morgan fingerprint density at radius 1 is 1.19 bits per heavy atom. The molecule has 0 heterocycles. The van der Waals surface area contributed by atoms with Crippen molar-refractivity contribution in [1.82, 2.24) is 0 Å². The molecule has 0 saturated carbocycles. The topological polar surface area (TPSA) is 72.8 Å². The Bertz CT molecular complexity index is 646. The number of ether oxygens (including phenoxy) is 2. The Kier molecular flexibility index (Phi) is 14.4. The van der Waals surface area contributed by atoms with Crippen LogP contribution in [-0.4, -0.2) is 42.3 Å². The van der Waals surface area contributed by atoms with Crippen molar-refractivity contribution in [1.29, 1.82) is 0 Å². The average molecular weight is 451 g/mol. The highest BCUT2D eigenvalue weighted by Gasteiger charge is 2.43. The molecule has 32 heavy (non-hydrogen) atoms. The molecule has 5 atom stereocenters. The first-order valence-corrected chi connectivity index (χ1v) is 11.8. The lowest BCUT2D eigenvalue weighted by Crippen LogP contribution is -2.46. The molecule has 0 radical (unpaired) electrons. The standard InChI is InChI=1S/C27H46O5/c1-10-13-14-15-17-20(5)25(29)21(6)26(30)27(7,8)23(31-9)18-24(28)32-22(16-11-2)19(4)12-3/h10-13,20-23,25,29H,2,14-18H2,1,3-9H3/b13-10-,19-12+. The summed E-state index contributed by atoms with van der Waals surface area (Å²) in [5, 5.41) is 10.8. The summed E-state index contributed by atoms with van der Waals surface area (Å²) in [7, 11) is 1.50. The summed E-state index contributed by atoms with van der Waals surface area (Å²) in [6.45, 7) is 16.8. The molecule has 5 unspecified atom stereocenters. The van der Waals surface area contributed by atoms with Crippen LogP contribution in [0.3, 0.4) is 0 Å². The summed E-state index contributed by atoms with van der Waals surface area (Å²) in [5.74, 6) is -1.09. The number of ketones is 1. The van der Waals surface area contributed by atoms with Gasteiger partial charge in [-0.1, -0.05) is 52.0 Å². The van der Waals surface area contributed by atoms with E-state index in [0.29, 0.717) is 6.42 Å². The monoisotopic (exact) mass is 450 g/mol. The van der Waals surface area contributed by atoms with Gasteiger partial charge in [0.15, 0.2) is 0 Å². The van der Waals surface area contributed by atoms with Crippen molar-refractivity contribution in [3.05, 3.63) is 36.5 Å². The Balaban J connectivity index is 5.20. The number of rotatable bonds is 16. The number of aliphatic hydroxyl groups excluding tert-OH is 1. The minimum atomic E-state index is -0.956. The highest BCUT2D eigenvalue weighted by atomic mass is 16.5. The first-order valence-electron chi connectivity index (χ1n) is 11.8. The second kappa shape index (κ2) is 15.2. The maximum absolute atomic E-state index is 13.3. The molecule has 0 aromatic carbocycles. The third-order valence-electron chi connectivity index (χ3n) is 6.47. The first kappa shape index (κ1) is 30.3. The van der Waals surface area contributed by atoms with Gasteiger partial charge in [0.2, 0.25) is 0 Å². The molecule has 0 rings (SSSR count). The summed E-state index contributed by atoms with van der Waals surface area (Å²) < 4.78 is 11.2. The SMILES string of the molecule is C=CCC(OC(=O)CC(OC)C(C)(C)C(=O)C(C)C(O)C(C)CCC/C=C\C)/C(C)=C/C. The third-order valence-corrected chi connectivity index (χ3v) is 6.47. The zero-order chi connectivity index (χ0) is 24.9. The lowest BCUT2D eigenvalue weighted by Gasteiger charge is -2.36. The predicted molar refractivity (Wildman–Crippen MR) is 131 cm³/mol. The normalized spacial score (nSPS) is 17.5. The van der Waals surface area contributed by atoms with Crippen molar-refractivity contribution in [2.24, 2.45) is 17.3 Å². The van der Waals surface area contributed by atoms with Crippen LogP contribution in [-0.2, 0) is 19.1 Å². The van der Waals surface area contributed by atoms with Crippen LogP contribution >= 0.6 is 0 Å². The zero-order valence-corrected chi connectivity index (χ0v) is 21.5. The molecule has 184 valence electrons. The first-order chi connectivity index (χ1) is 15.0. The molecule has 0 aliphatic carbocycles. The van der Waals surface area contributed by atoms with Gasteiger partial charge < -0.3 is 14.6 Å². The molecule has 0 aromatic rings. The smallest absolute Gasteiger partial charge is 0.309 e. The van der Waals surface area contributed by atoms with Crippen molar-refractivity contribution >= 4 is 11.8 Å². The number of Topliss-reactive ketones (excluding diaryl/α,β-unsaturated/α-hetero) is 1. The van der Waals surface area contributed by atoms with E-state index in [4.69, 9.17) is 9.47 Å². The fourth-order valence-corrected chi connectivity index (χ4v) is 3.94. The van der Waals surface area contributed by atoms with E-state index < -0.39 is 29.5 Å². The molecule has 0 bridgehead atoms. The Labute approximate surface area is 196 Å². The van der Waals surface area contributed by atoms with Gasteiger partial charge in [-0.3, -0.25) is 9.59 Å². The zero-order valence-electron chi connectivity index (χ0n) is 21.5. The summed E-state index contributed by atoms with van der Waals surface area (Å²) in [5.41, 5.74) is -0.00899. The number of esters is 1. The molecule has 0 aromatic heterocycles. The van der Waals surface area contributed by atoms with Gasteiger partial charge in [-0.15, -0.1) is 6.58 Å². The number of allylic oxidation sites excluding steroid dienone is 3. The van der Waals surface area contributed by atoms with Crippen LogP contribution in [0.1, 0.15) is 80.6 Å². The lowest BCUT2D eigenvalue weighted by atomic mass is 9.73. The molecular weight excluding hydrogens is 404 g/mol. The minimum absolute atomic E-state index is 0.00411. The fraction of sp³-hybridized carbons (Fsp3) is 0.704. The van der Waals surface area contributed by atoms with E-state index in [1.165, 1.54) is 7.11 Å². The van der Waals surface area contributed by atoms with Crippen LogP contribution in [0.4, 0.5) is 0 Å². The van der Waals surface area contributed by atoms with Gasteiger partial charge in [0.05, 0.1) is 24.0 Å². The molecule has 0 fully saturated rings. The van der Waals surface area contributed by atoms with Crippen molar-refractivity contribution in [3.8, 4) is 0 Å². The van der Waals surface area contributed by atoms with Crippen molar-refractivity contribution < 1.29 is 24.2 Å². The Morgan fingerprint density at radius 3 is 2.31 bits per heavy atom. The van der Waals surface area contributed by atoms with Gasteiger partial charge >= 0.3 is 5.97 Å². The van der Waals surface area contributed by atoms with Gasteiger partial charge in [-0.25, -0.2) is 0 Å². The Morgan fingerprint density at radius 2 is 1.81 bits per heavy atom. The molecule has 0 aliphatic rings. The largest absolute Gasteiger partial charge is 0.457 e. The third kappa shape index (κ3) is 9.41. The lowest BCUT2D eigenvalue weighted by molar-refractivity contribution is -0.155. The van der Waals surface area contributed by atoms with E-state index in [0.717, 1.165) is 24.8 Å². The molecule has 5 nitrogen and oxygen atoms in total. The van der Waals surface area contributed by atoms with E-state index in [9.17, 15) is 14.7 Å². The number of methoxy groups -OCH3 is 1. The number of hydrogen-bond donors (Lipinski definition) is 1. The highest BCUT2D eigenvalue weighted by Crippen LogP contribution is 2.33. The number of carbonyl (C=O) groups is 2. The van der Waals surface area contributed by atoms with Crippen LogP contribution in [0, 0.1) is 17.3 Å². The molecule has 0 amide bonds. The number of unbranched alkanes of at least 4 members (excludes halogenated alkanes) is 1. The second-order valence-corrected chi connectivity index (χ2v) is 9.31. The van der Waals surface area contributed by atoms with Gasteiger partial charge in [-0.2, -0.15) is 0 Å². The average Bonchev–Trinajstić information content (AvgIpc) is 2.77. The van der Waals surface area contributed by atoms with Gasteiger partial charge in [-0.05, 0) is 51.5 Å². The van der Waals surface area contributed by atoms with Crippen molar-refractivity contribution in [2.75, 3.05) is 7.11 Å². The quantitative estimate of drug-likeness (QED) is 0.182. The molecule has 0 saturated heterocycles. The minimum Gasteiger partial charge on any atom is -0.457 e. The van der Waals surface area contributed by atoms with E-state index in [1.807, 2.05) is 39.8 Å². The van der Waals surface area contributed by atoms with Crippen LogP contribution in [0.5, 0.6) is 0 Å². The van der Waals surface area contributed by atoms with Crippen LogP contribution in [0.25, 0.3) is 0 Å². The van der Waals surface area contributed by atoms with Crippen LogP contribution < -0.4 is 0 Å².